The van der Waals surface area contributed by atoms with E-state index in [2.05, 4.69) is 24.7 Å². The first-order chi connectivity index (χ1) is 25.6. The minimum absolute atomic E-state index is 0.0336. The fourth-order valence-corrected chi connectivity index (χ4v) is 5.31. The van der Waals surface area contributed by atoms with Gasteiger partial charge < -0.3 is 25.4 Å². The summed E-state index contributed by atoms with van der Waals surface area (Å²) < 4.78 is 47.4. The smallest absolute Gasteiger partial charge is 0.478 e. The summed E-state index contributed by atoms with van der Waals surface area (Å²) in [5.74, 6) is -3.23. The van der Waals surface area contributed by atoms with Crippen molar-refractivity contribution in [3.8, 4) is 5.75 Å². The second-order valence-corrected chi connectivity index (χ2v) is 11.4. The number of aromatic nitrogens is 5. The number of carbonyl (C=O) groups excluding carboxylic acids is 1. The highest BCUT2D eigenvalue weighted by atomic mass is 35.5. The number of nitrogen functional groups attached to an aromatic ring is 1. The molecule has 0 unspecified atom stereocenters. The molecule has 7 aromatic rings. The standard InChI is InChI=1S/C17H8F3N3O4.C13H12ClNO2.C6H6N2O2/c18-17(19,20)27-8-3-4-12-10(6-8)13-11(7-21-12)15(24)23-5-1-2-9(16(25)26)14(23)22-13;1-3-17-13(16)10-7-15-11-5-4-8(2)6-9(11)12(10)14;7-5-4(6(9)10)2-1-3-8-5/h1-7H,(H,25,26);4-7H,3H2,1-2H3;1-3H,(H2,7,8)(H,9,10). The van der Waals surface area contributed by atoms with E-state index in [4.69, 9.17) is 27.2 Å². The molecule has 0 saturated carbocycles. The number of pyridine rings is 4. The first kappa shape index (κ1) is 38.4. The molecule has 0 bridgehead atoms. The zero-order valence-corrected chi connectivity index (χ0v) is 28.7. The van der Waals surface area contributed by atoms with Crippen molar-refractivity contribution < 1.29 is 47.2 Å². The molecule has 54 heavy (non-hydrogen) atoms. The van der Waals surface area contributed by atoms with Gasteiger partial charge in [-0.1, -0.05) is 23.2 Å². The molecule has 0 amide bonds. The van der Waals surface area contributed by atoms with Gasteiger partial charge in [0, 0.05) is 35.6 Å². The van der Waals surface area contributed by atoms with Gasteiger partial charge in [0.05, 0.1) is 39.1 Å². The fourth-order valence-electron chi connectivity index (χ4n) is 5.04. The minimum atomic E-state index is -4.89. The molecule has 0 aliphatic rings. The lowest BCUT2D eigenvalue weighted by molar-refractivity contribution is -0.274. The molecule has 0 saturated heterocycles. The number of fused-ring (bicyclic) bond motifs is 5. The summed E-state index contributed by atoms with van der Waals surface area (Å²) in [6, 6.07) is 14.8. The Morgan fingerprint density at radius 3 is 2.19 bits per heavy atom. The van der Waals surface area contributed by atoms with E-state index in [1.165, 1.54) is 55.1 Å². The lowest BCUT2D eigenvalue weighted by Gasteiger charge is -2.11. The maximum Gasteiger partial charge on any atom is 0.573 e. The number of benzene rings is 2. The van der Waals surface area contributed by atoms with Gasteiger partial charge >= 0.3 is 24.3 Å². The summed E-state index contributed by atoms with van der Waals surface area (Å²) in [6.07, 6.45) is 0.614. The Morgan fingerprint density at radius 1 is 0.870 bits per heavy atom. The Kier molecular flexibility index (Phi) is 11.2. The second kappa shape index (κ2) is 15.8. The van der Waals surface area contributed by atoms with Crippen LogP contribution >= 0.6 is 11.6 Å². The number of anilines is 1. The topological polar surface area (TPSA) is 209 Å². The molecule has 7 rings (SSSR count). The molecule has 14 nitrogen and oxygen atoms in total. The zero-order chi connectivity index (χ0) is 39.3. The predicted molar refractivity (Wildman–Crippen MR) is 191 cm³/mol. The summed E-state index contributed by atoms with van der Waals surface area (Å²) in [4.78, 5) is 62.2. The number of rotatable bonds is 5. The molecular formula is C36H26ClF3N6O8. The normalized spacial score (nSPS) is 11.0. The Bertz CT molecular complexity index is 2650. The van der Waals surface area contributed by atoms with E-state index >= 15 is 0 Å². The van der Waals surface area contributed by atoms with Crippen molar-refractivity contribution in [1.29, 1.82) is 0 Å². The van der Waals surface area contributed by atoms with Crippen LogP contribution in [0.25, 0.3) is 38.4 Å². The van der Waals surface area contributed by atoms with Gasteiger partial charge in [-0.15, -0.1) is 13.2 Å². The van der Waals surface area contributed by atoms with Gasteiger partial charge in [0.1, 0.15) is 22.7 Å². The molecule has 0 radical (unpaired) electrons. The van der Waals surface area contributed by atoms with Gasteiger partial charge in [-0.25, -0.2) is 24.4 Å². The summed E-state index contributed by atoms with van der Waals surface area (Å²) in [5.41, 5.74) is 6.81. The highest BCUT2D eigenvalue weighted by molar-refractivity contribution is 6.38. The van der Waals surface area contributed by atoms with Crippen molar-refractivity contribution in [2.45, 2.75) is 20.2 Å². The van der Waals surface area contributed by atoms with Gasteiger partial charge in [-0.3, -0.25) is 19.2 Å². The second-order valence-electron chi connectivity index (χ2n) is 11.1. The fraction of sp³-hybridized carbons (Fsp3) is 0.111. The number of aryl methyl sites for hydroxylation is 1. The molecule has 0 aliphatic heterocycles. The van der Waals surface area contributed by atoms with Gasteiger partial charge in [0.15, 0.2) is 5.65 Å². The van der Waals surface area contributed by atoms with Crippen LogP contribution in [0.3, 0.4) is 0 Å². The monoisotopic (exact) mass is 762 g/mol. The SMILES string of the molecule is CCOC(=O)c1cnc2ccc(C)cc2c1Cl.Nc1ncccc1C(=O)O.O=C(O)c1cccn2c(=O)c3cnc4ccc(OC(F)(F)F)cc4c3nc12. The summed E-state index contributed by atoms with van der Waals surface area (Å²) >= 11 is 6.20. The van der Waals surface area contributed by atoms with Crippen molar-refractivity contribution in [1.82, 2.24) is 24.3 Å². The number of carboxylic acids is 2. The molecule has 4 N–H and O–H groups in total. The number of ether oxygens (including phenoxy) is 2. The third-order valence-electron chi connectivity index (χ3n) is 7.43. The maximum atomic E-state index is 12.7. The van der Waals surface area contributed by atoms with Crippen LogP contribution in [0.1, 0.15) is 43.6 Å². The van der Waals surface area contributed by atoms with Gasteiger partial charge in [0.25, 0.3) is 5.56 Å². The largest absolute Gasteiger partial charge is 0.573 e. The number of halogens is 4. The van der Waals surface area contributed by atoms with Crippen molar-refractivity contribution in [2.75, 3.05) is 12.3 Å². The van der Waals surface area contributed by atoms with Crippen LogP contribution in [0.4, 0.5) is 19.0 Å². The lowest BCUT2D eigenvalue weighted by Crippen LogP contribution is -2.18. The summed E-state index contributed by atoms with van der Waals surface area (Å²) in [7, 11) is 0. The highest BCUT2D eigenvalue weighted by Gasteiger charge is 2.31. The molecule has 2 aromatic carbocycles. The summed E-state index contributed by atoms with van der Waals surface area (Å²) in [6.45, 7) is 4.04. The quantitative estimate of drug-likeness (QED) is 0.0945. The van der Waals surface area contributed by atoms with E-state index in [0.717, 1.165) is 33.0 Å². The Morgan fingerprint density at radius 2 is 1.54 bits per heavy atom. The Labute approximate surface area is 306 Å². The molecule has 5 heterocycles. The average molecular weight is 763 g/mol. The Hall–Kier alpha value is -6.88. The van der Waals surface area contributed by atoms with Crippen LogP contribution in [-0.2, 0) is 4.74 Å². The third kappa shape index (κ3) is 8.42. The molecule has 0 atom stereocenters. The highest BCUT2D eigenvalue weighted by Crippen LogP contribution is 2.29. The predicted octanol–water partition coefficient (Wildman–Crippen LogP) is 6.73. The molecule has 0 fully saturated rings. The van der Waals surface area contributed by atoms with Crippen molar-refractivity contribution >= 4 is 73.7 Å². The molecule has 276 valence electrons. The number of aromatic carboxylic acids is 2. The van der Waals surface area contributed by atoms with E-state index in [1.54, 1.807) is 6.92 Å². The van der Waals surface area contributed by atoms with Crippen LogP contribution < -0.4 is 16.0 Å². The number of nitrogens with two attached hydrogens (primary N) is 1. The number of esters is 1. The Balaban J connectivity index is 0.000000176. The zero-order valence-electron chi connectivity index (χ0n) is 28.0. The lowest BCUT2D eigenvalue weighted by atomic mass is 10.1. The van der Waals surface area contributed by atoms with Crippen molar-refractivity contribution in [3.05, 3.63) is 123 Å². The first-order valence-corrected chi connectivity index (χ1v) is 15.9. The van der Waals surface area contributed by atoms with E-state index in [0.29, 0.717) is 17.2 Å². The van der Waals surface area contributed by atoms with E-state index < -0.39 is 35.6 Å². The van der Waals surface area contributed by atoms with Crippen LogP contribution in [0.15, 0.2) is 90.2 Å². The van der Waals surface area contributed by atoms with Gasteiger partial charge in [-0.05, 0) is 68.4 Å². The number of carboxylic acid groups (broad SMARTS) is 2. The first-order valence-electron chi connectivity index (χ1n) is 15.5. The van der Waals surface area contributed by atoms with E-state index in [1.807, 2.05) is 25.1 Å². The number of hydrogen-bond acceptors (Lipinski definition) is 11. The number of hydrogen-bond donors (Lipinski definition) is 3. The van der Waals surface area contributed by atoms with Gasteiger partial charge in [0.2, 0.25) is 0 Å². The van der Waals surface area contributed by atoms with Crippen LogP contribution in [-0.4, -0.2) is 65.4 Å². The van der Waals surface area contributed by atoms with Crippen molar-refractivity contribution in [3.63, 3.8) is 0 Å². The van der Waals surface area contributed by atoms with Crippen LogP contribution in [0.2, 0.25) is 5.02 Å². The maximum absolute atomic E-state index is 12.7. The van der Waals surface area contributed by atoms with Crippen molar-refractivity contribution in [2.24, 2.45) is 0 Å². The molecule has 0 aliphatic carbocycles. The molecular weight excluding hydrogens is 737 g/mol. The molecule has 5 aromatic heterocycles. The minimum Gasteiger partial charge on any atom is -0.478 e. The van der Waals surface area contributed by atoms with Crippen LogP contribution in [0.5, 0.6) is 5.75 Å². The third-order valence-corrected chi connectivity index (χ3v) is 7.84. The number of carbonyl (C=O) groups is 3. The van der Waals surface area contributed by atoms with E-state index in [-0.39, 0.29) is 44.4 Å². The van der Waals surface area contributed by atoms with Crippen LogP contribution in [0, 0.1) is 6.92 Å². The number of alkyl halides is 3. The van der Waals surface area contributed by atoms with E-state index in [9.17, 15) is 37.5 Å². The average Bonchev–Trinajstić information content (AvgIpc) is 3.12. The molecule has 0 spiro atoms. The van der Waals surface area contributed by atoms with Gasteiger partial charge in [-0.2, -0.15) is 0 Å². The number of nitrogens with zero attached hydrogens (tertiary/aromatic N) is 5. The summed E-state index contributed by atoms with van der Waals surface area (Å²) in [5, 5.41) is 19.1. The molecule has 18 heteroatoms.